The van der Waals surface area contributed by atoms with Gasteiger partial charge in [0, 0.05) is 41.5 Å². The second kappa shape index (κ2) is 19.3. The van der Waals surface area contributed by atoms with E-state index in [9.17, 15) is 29.1 Å². The number of Topliss-reactive ketones (excluding diaryl/α,β-unsaturated/α-hetero) is 1. The monoisotopic (exact) mass is 726 g/mol. The van der Waals surface area contributed by atoms with Crippen molar-refractivity contribution in [3.8, 4) is 11.1 Å². The Kier molecular flexibility index (Phi) is 13.8. The van der Waals surface area contributed by atoms with Crippen LogP contribution in [0.1, 0.15) is 64.1 Å². The Labute approximate surface area is 313 Å². The Morgan fingerprint density at radius 3 is 2.07 bits per heavy atom. The molecule has 5 rings (SSSR count). The highest BCUT2D eigenvalue weighted by atomic mass is 16.5. The summed E-state index contributed by atoms with van der Waals surface area (Å²) in [6, 6.07) is 37.5. The van der Waals surface area contributed by atoms with E-state index in [1.807, 2.05) is 60.7 Å². The number of unbranched alkanes of at least 4 members (excludes halogenated alkanes) is 1. The molecule has 0 fully saturated rings. The summed E-state index contributed by atoms with van der Waals surface area (Å²) in [6.07, 6.45) is -0.660. The largest absolute Gasteiger partial charge is 0.445 e. The number of carbonyl (C=O) groups excluding carboxylic acids is 5. The van der Waals surface area contributed by atoms with Gasteiger partial charge in [0.2, 0.25) is 11.8 Å². The van der Waals surface area contributed by atoms with Gasteiger partial charge < -0.3 is 31.1 Å². The summed E-state index contributed by atoms with van der Waals surface area (Å²) in [5.41, 5.74) is 3.64. The quantitative estimate of drug-likeness (QED) is 0.0537. The van der Waals surface area contributed by atoms with Crippen molar-refractivity contribution in [2.75, 3.05) is 17.2 Å². The summed E-state index contributed by atoms with van der Waals surface area (Å²) in [4.78, 5) is 64.5. The normalized spacial score (nSPS) is 11.7. The topological polar surface area (TPSA) is 163 Å². The first-order valence-electron chi connectivity index (χ1n) is 17.6. The number of hydrogen-bond donors (Lipinski definition) is 5. The van der Waals surface area contributed by atoms with Crippen LogP contribution < -0.4 is 21.3 Å². The summed E-state index contributed by atoms with van der Waals surface area (Å²) in [5.74, 6) is -1.81. The van der Waals surface area contributed by atoms with Crippen LogP contribution in [0, 0.1) is 0 Å². The highest BCUT2D eigenvalue weighted by molar-refractivity contribution is 6.10. The molecule has 0 saturated carbocycles. The SMILES string of the molecule is CC(=O)N[C@@H](CCCCNC(=O)OCc1ccccc1)C(=O)Nc1ccc(C(=O)Nc2ccccc2C(O)C(=O)c2ccccc2)c(-c2ccccc2)c1. The van der Waals surface area contributed by atoms with Crippen molar-refractivity contribution in [1.82, 2.24) is 10.6 Å². The highest BCUT2D eigenvalue weighted by Crippen LogP contribution is 2.30. The van der Waals surface area contributed by atoms with Gasteiger partial charge in [0.25, 0.3) is 5.91 Å². The van der Waals surface area contributed by atoms with Crippen LogP contribution in [0.5, 0.6) is 0 Å². The first kappa shape index (κ1) is 38.6. The number of ether oxygens (including phenoxy) is 1. The number of hydrogen-bond acceptors (Lipinski definition) is 7. The van der Waals surface area contributed by atoms with E-state index in [0.717, 1.165) is 5.56 Å². The van der Waals surface area contributed by atoms with Crippen LogP contribution in [0.2, 0.25) is 0 Å². The van der Waals surface area contributed by atoms with Crippen molar-refractivity contribution in [2.45, 2.75) is 44.9 Å². The van der Waals surface area contributed by atoms with Gasteiger partial charge >= 0.3 is 6.09 Å². The molecule has 276 valence electrons. The number of para-hydroxylation sites is 1. The van der Waals surface area contributed by atoms with E-state index in [4.69, 9.17) is 4.74 Å². The molecule has 0 aliphatic carbocycles. The van der Waals surface area contributed by atoms with Gasteiger partial charge in [0.15, 0.2) is 5.78 Å². The van der Waals surface area contributed by atoms with Crippen LogP contribution in [0.4, 0.5) is 16.2 Å². The number of rotatable bonds is 16. The molecule has 0 aromatic heterocycles. The maximum Gasteiger partial charge on any atom is 0.407 e. The molecule has 0 bridgehead atoms. The van der Waals surface area contributed by atoms with Gasteiger partial charge in [-0.05, 0) is 60.2 Å². The number of anilines is 2. The molecule has 0 saturated heterocycles. The number of aliphatic hydroxyl groups excluding tert-OH is 1. The van der Waals surface area contributed by atoms with Crippen LogP contribution in [0.25, 0.3) is 11.1 Å². The van der Waals surface area contributed by atoms with Crippen LogP contribution in [0.3, 0.4) is 0 Å². The fourth-order valence-electron chi connectivity index (χ4n) is 5.80. The third-order valence-electron chi connectivity index (χ3n) is 8.52. The van der Waals surface area contributed by atoms with Gasteiger partial charge in [-0.2, -0.15) is 0 Å². The van der Waals surface area contributed by atoms with Crippen LogP contribution in [-0.4, -0.2) is 47.3 Å². The average Bonchev–Trinajstić information content (AvgIpc) is 3.20. The zero-order valence-corrected chi connectivity index (χ0v) is 29.8. The predicted molar refractivity (Wildman–Crippen MR) is 207 cm³/mol. The van der Waals surface area contributed by atoms with Gasteiger partial charge in [0.1, 0.15) is 18.8 Å². The fraction of sp³-hybridized carbons (Fsp3) is 0.186. The maximum atomic E-state index is 13.9. The molecule has 0 aliphatic rings. The summed E-state index contributed by atoms with van der Waals surface area (Å²) in [6.45, 7) is 1.82. The van der Waals surface area contributed by atoms with E-state index >= 15 is 0 Å². The molecule has 0 spiro atoms. The lowest BCUT2D eigenvalue weighted by Crippen LogP contribution is -2.43. The highest BCUT2D eigenvalue weighted by Gasteiger charge is 2.24. The molecule has 4 amide bonds. The summed E-state index contributed by atoms with van der Waals surface area (Å²) < 4.78 is 5.23. The molecule has 5 aromatic rings. The third-order valence-corrected chi connectivity index (χ3v) is 8.52. The molecular weight excluding hydrogens is 684 g/mol. The Hall–Kier alpha value is -6.59. The molecule has 11 heteroatoms. The Bertz CT molecular complexity index is 2060. The Morgan fingerprint density at radius 2 is 1.37 bits per heavy atom. The molecule has 1 unspecified atom stereocenters. The minimum atomic E-state index is -1.51. The van der Waals surface area contributed by atoms with E-state index in [1.165, 1.54) is 6.92 Å². The minimum Gasteiger partial charge on any atom is -0.445 e. The molecule has 11 nitrogen and oxygen atoms in total. The molecule has 0 heterocycles. The second-order valence-corrected chi connectivity index (χ2v) is 12.5. The zero-order chi connectivity index (χ0) is 38.3. The number of carbonyl (C=O) groups is 5. The van der Waals surface area contributed by atoms with Crippen LogP contribution >= 0.6 is 0 Å². The van der Waals surface area contributed by atoms with E-state index in [0.29, 0.717) is 48.2 Å². The van der Waals surface area contributed by atoms with Crippen molar-refractivity contribution in [3.63, 3.8) is 0 Å². The summed E-state index contributed by atoms with van der Waals surface area (Å²) >= 11 is 0. The van der Waals surface area contributed by atoms with Crippen molar-refractivity contribution in [2.24, 2.45) is 0 Å². The van der Waals surface area contributed by atoms with Gasteiger partial charge in [-0.25, -0.2) is 4.79 Å². The van der Waals surface area contributed by atoms with Gasteiger partial charge in [-0.15, -0.1) is 0 Å². The fourth-order valence-corrected chi connectivity index (χ4v) is 5.80. The molecule has 5 aromatic carbocycles. The number of ketones is 1. The van der Waals surface area contributed by atoms with Crippen molar-refractivity contribution < 1.29 is 33.8 Å². The minimum absolute atomic E-state index is 0.157. The van der Waals surface area contributed by atoms with E-state index in [2.05, 4.69) is 21.3 Å². The summed E-state index contributed by atoms with van der Waals surface area (Å²) in [5, 5.41) is 22.2. The van der Waals surface area contributed by atoms with Crippen LogP contribution in [-0.2, 0) is 20.9 Å². The Balaban J connectivity index is 1.25. The van der Waals surface area contributed by atoms with Gasteiger partial charge in [0.05, 0.1) is 0 Å². The van der Waals surface area contributed by atoms with E-state index in [-0.39, 0.29) is 29.3 Å². The van der Waals surface area contributed by atoms with Crippen LogP contribution in [0.15, 0.2) is 133 Å². The number of alkyl carbamates (subject to hydrolysis) is 1. The summed E-state index contributed by atoms with van der Waals surface area (Å²) in [7, 11) is 0. The van der Waals surface area contributed by atoms with Gasteiger partial charge in [-0.1, -0.05) is 109 Å². The second-order valence-electron chi connectivity index (χ2n) is 12.5. The van der Waals surface area contributed by atoms with Crippen molar-refractivity contribution in [3.05, 3.63) is 156 Å². The lowest BCUT2D eigenvalue weighted by atomic mass is 9.96. The lowest BCUT2D eigenvalue weighted by molar-refractivity contribution is -0.125. The number of benzene rings is 5. The van der Waals surface area contributed by atoms with Gasteiger partial charge in [-0.3, -0.25) is 19.2 Å². The number of amides is 4. The first-order chi connectivity index (χ1) is 26.2. The Morgan fingerprint density at radius 1 is 0.722 bits per heavy atom. The molecule has 0 aliphatic heterocycles. The predicted octanol–water partition coefficient (Wildman–Crippen LogP) is 7.06. The first-order valence-corrected chi connectivity index (χ1v) is 17.6. The molecule has 2 atom stereocenters. The smallest absolute Gasteiger partial charge is 0.407 e. The van der Waals surface area contributed by atoms with Crippen molar-refractivity contribution in [1.29, 1.82) is 0 Å². The zero-order valence-electron chi connectivity index (χ0n) is 29.8. The lowest BCUT2D eigenvalue weighted by Gasteiger charge is -2.19. The molecule has 0 radical (unpaired) electrons. The number of nitrogens with one attached hydrogen (secondary N) is 4. The number of aliphatic hydroxyl groups is 1. The molecule has 5 N–H and O–H groups in total. The molecular formula is C43H42N4O7. The standard InChI is InChI=1S/C43H42N4O7/c1-29(48)45-38(23-13-14-26-44-43(53)54-28-30-15-5-2-6-16-30)42(52)46-33-24-25-34(36(27-33)31-17-7-3-8-18-31)41(51)47-37-22-12-11-21-35(37)40(50)39(49)32-19-9-4-10-20-32/h2-12,15-22,24-25,27,38,40,50H,13-14,23,26,28H2,1H3,(H,44,53)(H,45,48)(H,46,52)(H,47,51)/t38-,40?/m0/s1. The maximum absolute atomic E-state index is 13.9. The average molecular weight is 727 g/mol. The van der Waals surface area contributed by atoms with E-state index in [1.54, 1.807) is 72.8 Å². The molecule has 54 heavy (non-hydrogen) atoms. The van der Waals surface area contributed by atoms with E-state index < -0.39 is 35.8 Å². The van der Waals surface area contributed by atoms with Crippen molar-refractivity contribution >= 4 is 41.0 Å². The third kappa shape index (κ3) is 11.0.